The fraction of sp³-hybridized carbons (Fsp3) is 0.158. The minimum Gasteiger partial charge on any atom is -0.497 e. The Morgan fingerprint density at radius 3 is 2.52 bits per heavy atom. The van der Waals surface area contributed by atoms with E-state index >= 15 is 0 Å². The number of fused-ring (bicyclic) bond motifs is 1. The molecule has 0 unspecified atom stereocenters. The summed E-state index contributed by atoms with van der Waals surface area (Å²) >= 11 is 0. The van der Waals surface area contributed by atoms with E-state index in [4.69, 9.17) is 23.9 Å². The summed E-state index contributed by atoms with van der Waals surface area (Å²) < 4.78 is 21.2. The van der Waals surface area contributed by atoms with Gasteiger partial charge >= 0.3 is 5.63 Å². The summed E-state index contributed by atoms with van der Waals surface area (Å²) in [5, 5.41) is 9.29. The largest absolute Gasteiger partial charge is 0.497 e. The first-order valence-electron chi connectivity index (χ1n) is 7.46. The van der Waals surface area contributed by atoms with E-state index in [2.05, 4.69) is 0 Å². The Labute approximate surface area is 143 Å². The van der Waals surface area contributed by atoms with Gasteiger partial charge < -0.3 is 18.6 Å². The predicted molar refractivity (Wildman–Crippen MR) is 92.1 cm³/mol. The molecule has 2 aromatic carbocycles. The van der Waals surface area contributed by atoms with Gasteiger partial charge in [-0.1, -0.05) is 0 Å². The van der Waals surface area contributed by atoms with E-state index in [1.807, 2.05) is 6.07 Å². The first kappa shape index (κ1) is 16.4. The van der Waals surface area contributed by atoms with Gasteiger partial charge in [-0.2, -0.15) is 5.26 Å². The van der Waals surface area contributed by atoms with E-state index < -0.39 is 5.63 Å². The van der Waals surface area contributed by atoms with Crippen molar-refractivity contribution in [2.75, 3.05) is 20.8 Å². The highest BCUT2D eigenvalue weighted by atomic mass is 16.5. The van der Waals surface area contributed by atoms with Crippen molar-refractivity contribution in [3.8, 4) is 34.4 Å². The monoisotopic (exact) mass is 337 g/mol. The number of nitrogens with zero attached hydrogens (tertiary/aromatic N) is 1. The quantitative estimate of drug-likeness (QED) is 0.664. The molecular weight excluding hydrogens is 322 g/mol. The lowest BCUT2D eigenvalue weighted by Gasteiger charge is -2.10. The molecule has 6 nitrogen and oxygen atoms in total. The maximum absolute atomic E-state index is 12.5. The Morgan fingerprint density at radius 1 is 1.00 bits per heavy atom. The molecule has 0 saturated heterocycles. The van der Waals surface area contributed by atoms with Crippen molar-refractivity contribution >= 4 is 11.0 Å². The fourth-order valence-corrected chi connectivity index (χ4v) is 2.51. The molecule has 0 bridgehead atoms. The molecule has 3 rings (SSSR count). The summed E-state index contributed by atoms with van der Waals surface area (Å²) in [5.41, 5.74) is 0.832. The Morgan fingerprint density at radius 2 is 1.80 bits per heavy atom. The lowest BCUT2D eigenvalue weighted by molar-refractivity contribution is 0.368. The first-order chi connectivity index (χ1) is 12.2. The van der Waals surface area contributed by atoms with Crippen LogP contribution in [0.4, 0.5) is 0 Å². The molecule has 0 spiro atoms. The molecule has 0 saturated carbocycles. The summed E-state index contributed by atoms with van der Waals surface area (Å²) in [7, 11) is 3.09. The van der Waals surface area contributed by atoms with Crippen molar-refractivity contribution in [1.82, 2.24) is 0 Å². The molecule has 25 heavy (non-hydrogen) atoms. The van der Waals surface area contributed by atoms with Gasteiger partial charge in [0.05, 0.1) is 19.8 Å². The zero-order valence-corrected chi connectivity index (χ0v) is 13.7. The van der Waals surface area contributed by atoms with E-state index in [1.54, 1.807) is 49.6 Å². The smallest absolute Gasteiger partial charge is 0.344 e. The molecule has 0 atom stereocenters. The molecule has 1 aromatic heterocycles. The molecule has 0 aliphatic rings. The topological polar surface area (TPSA) is 81.7 Å². The Hall–Kier alpha value is -3.46. The van der Waals surface area contributed by atoms with Gasteiger partial charge in [-0.05, 0) is 36.4 Å². The molecule has 126 valence electrons. The van der Waals surface area contributed by atoms with E-state index in [9.17, 15) is 4.79 Å². The maximum Gasteiger partial charge on any atom is 0.344 e. The fourth-order valence-electron chi connectivity index (χ4n) is 2.51. The van der Waals surface area contributed by atoms with Crippen LogP contribution in [0, 0.1) is 11.3 Å². The summed E-state index contributed by atoms with van der Waals surface area (Å²) in [5.74, 6) is 1.61. The molecule has 0 N–H and O–H groups in total. The number of hydrogen-bond acceptors (Lipinski definition) is 6. The zero-order chi connectivity index (χ0) is 17.8. The second kappa shape index (κ2) is 6.97. The van der Waals surface area contributed by atoms with Crippen molar-refractivity contribution in [1.29, 1.82) is 5.26 Å². The summed E-state index contributed by atoms with van der Waals surface area (Å²) in [6.07, 6.45) is 0. The highest BCUT2D eigenvalue weighted by Gasteiger charge is 2.14. The molecule has 0 fully saturated rings. The van der Waals surface area contributed by atoms with E-state index in [-0.39, 0.29) is 6.61 Å². The molecule has 0 aliphatic heterocycles. The average molecular weight is 337 g/mol. The zero-order valence-electron chi connectivity index (χ0n) is 13.7. The van der Waals surface area contributed by atoms with Crippen LogP contribution in [0.5, 0.6) is 17.2 Å². The number of rotatable bonds is 5. The maximum atomic E-state index is 12.5. The lowest BCUT2D eigenvalue weighted by Crippen LogP contribution is -2.04. The molecular formula is C19H15NO5. The van der Waals surface area contributed by atoms with Crippen molar-refractivity contribution in [2.24, 2.45) is 0 Å². The van der Waals surface area contributed by atoms with Gasteiger partial charge in [-0.3, -0.25) is 0 Å². The summed E-state index contributed by atoms with van der Waals surface area (Å²) in [4.78, 5) is 12.5. The van der Waals surface area contributed by atoms with Crippen LogP contribution < -0.4 is 19.8 Å². The normalized spacial score (nSPS) is 10.3. The second-order valence-corrected chi connectivity index (χ2v) is 5.16. The van der Waals surface area contributed by atoms with Crippen LogP contribution in [0.2, 0.25) is 0 Å². The van der Waals surface area contributed by atoms with Gasteiger partial charge in [0.15, 0.2) is 6.61 Å². The molecule has 0 radical (unpaired) electrons. The number of methoxy groups -OCH3 is 2. The summed E-state index contributed by atoms with van der Waals surface area (Å²) in [6, 6.07) is 13.9. The van der Waals surface area contributed by atoms with E-state index in [0.29, 0.717) is 34.0 Å². The number of hydrogen-bond donors (Lipinski definition) is 0. The highest BCUT2D eigenvalue weighted by Crippen LogP contribution is 2.33. The highest BCUT2D eigenvalue weighted by molar-refractivity contribution is 5.84. The molecule has 1 heterocycles. The van der Waals surface area contributed by atoms with Crippen LogP contribution in [0.15, 0.2) is 51.7 Å². The Kier molecular flexibility index (Phi) is 4.57. The third-order valence-corrected chi connectivity index (χ3v) is 3.71. The second-order valence-electron chi connectivity index (χ2n) is 5.16. The van der Waals surface area contributed by atoms with Gasteiger partial charge in [0.25, 0.3) is 0 Å². The predicted octanol–water partition coefficient (Wildman–Crippen LogP) is 3.38. The Bertz CT molecular complexity index is 1020. The molecule has 0 aliphatic carbocycles. The Balaban J connectivity index is 2.14. The molecule has 3 aromatic rings. The van der Waals surface area contributed by atoms with Crippen LogP contribution in [0.1, 0.15) is 0 Å². The van der Waals surface area contributed by atoms with Crippen LogP contribution in [-0.2, 0) is 0 Å². The van der Waals surface area contributed by atoms with Crippen molar-refractivity contribution in [3.63, 3.8) is 0 Å². The first-order valence-corrected chi connectivity index (χ1v) is 7.46. The third-order valence-electron chi connectivity index (χ3n) is 3.71. The van der Waals surface area contributed by atoms with Crippen molar-refractivity contribution < 1.29 is 18.6 Å². The average Bonchev–Trinajstić information content (AvgIpc) is 2.65. The van der Waals surface area contributed by atoms with Crippen LogP contribution in [-0.4, -0.2) is 20.8 Å². The van der Waals surface area contributed by atoms with Gasteiger partial charge in [0.1, 0.15) is 28.9 Å². The van der Waals surface area contributed by atoms with Gasteiger partial charge in [0, 0.05) is 17.0 Å². The van der Waals surface area contributed by atoms with Gasteiger partial charge in [0.2, 0.25) is 0 Å². The van der Waals surface area contributed by atoms with E-state index in [1.165, 1.54) is 7.11 Å². The SMILES string of the molecule is COc1ccc(OC)c(-c2cc3ccc(OCC#N)cc3oc2=O)c1. The number of ether oxygens (including phenoxy) is 3. The summed E-state index contributed by atoms with van der Waals surface area (Å²) in [6.45, 7) is -0.0746. The molecule has 6 heteroatoms. The van der Waals surface area contributed by atoms with Gasteiger partial charge in [-0.25, -0.2) is 4.79 Å². The van der Waals surface area contributed by atoms with Crippen molar-refractivity contribution in [3.05, 3.63) is 52.9 Å². The van der Waals surface area contributed by atoms with Crippen LogP contribution in [0.25, 0.3) is 22.1 Å². The minimum atomic E-state index is -0.503. The lowest BCUT2D eigenvalue weighted by atomic mass is 10.0. The standard InChI is InChI=1S/C19H15NO5/c1-22-13-5-6-17(23-2)15(10-13)16-9-12-3-4-14(24-8-7-20)11-18(12)25-19(16)21/h3-6,9-11H,8H2,1-2H3. The number of nitriles is 1. The van der Waals surface area contributed by atoms with Crippen LogP contribution in [0.3, 0.4) is 0 Å². The van der Waals surface area contributed by atoms with Gasteiger partial charge in [-0.15, -0.1) is 0 Å². The van der Waals surface area contributed by atoms with Crippen molar-refractivity contribution in [2.45, 2.75) is 0 Å². The van der Waals surface area contributed by atoms with Crippen LogP contribution >= 0.6 is 0 Å². The minimum absolute atomic E-state index is 0.0746. The van der Waals surface area contributed by atoms with E-state index in [0.717, 1.165) is 5.39 Å². The number of benzene rings is 2. The molecule has 0 amide bonds. The third kappa shape index (κ3) is 3.26.